The number of carboxylic acids is 1. The van der Waals surface area contributed by atoms with Crippen LogP contribution in [0.4, 0.5) is 4.79 Å². The van der Waals surface area contributed by atoms with Gasteiger partial charge < -0.3 is 42.0 Å². The molecule has 2 rings (SSSR count). The Morgan fingerprint density at radius 1 is 1.22 bits per heavy atom. The first-order valence-corrected chi connectivity index (χ1v) is 9.20. The van der Waals surface area contributed by atoms with E-state index in [0.717, 1.165) is 0 Å². The lowest BCUT2D eigenvalue weighted by atomic mass is 10.2. The number of amides is 2. The number of guanidine groups is 1. The van der Waals surface area contributed by atoms with Gasteiger partial charge in [0.25, 0.3) is 0 Å². The van der Waals surface area contributed by atoms with Gasteiger partial charge in [-0.1, -0.05) is 30.3 Å². The quantitative estimate of drug-likeness (QED) is 0.159. The fourth-order valence-corrected chi connectivity index (χ4v) is 2.46. The number of benzene rings is 1. The van der Waals surface area contributed by atoms with Crippen LogP contribution in [0, 0.1) is 0 Å². The summed E-state index contributed by atoms with van der Waals surface area (Å²) in [7, 11) is 0. The first-order chi connectivity index (χ1) is 15.2. The van der Waals surface area contributed by atoms with Gasteiger partial charge in [-0.2, -0.15) is 0 Å². The van der Waals surface area contributed by atoms with E-state index in [-0.39, 0.29) is 24.8 Å². The van der Waals surface area contributed by atoms with Gasteiger partial charge in [-0.05, 0) is 5.56 Å². The average Bonchev–Trinajstić information content (AvgIpc) is 3.01. The molecule has 172 valence electrons. The molecule has 0 saturated heterocycles. The summed E-state index contributed by atoms with van der Waals surface area (Å²) in [5, 5.41) is 23.7. The Hall–Kier alpha value is -4.49. The average molecular weight is 449 g/mol. The van der Waals surface area contributed by atoms with Gasteiger partial charge in [0, 0.05) is 6.54 Å². The van der Waals surface area contributed by atoms with Gasteiger partial charge >= 0.3 is 17.8 Å². The highest BCUT2D eigenvalue weighted by Crippen LogP contribution is 2.13. The second-order valence-corrected chi connectivity index (χ2v) is 6.46. The lowest BCUT2D eigenvalue weighted by Gasteiger charge is -2.15. The van der Waals surface area contributed by atoms with Crippen molar-refractivity contribution in [3.63, 3.8) is 0 Å². The number of alkyl carbamates (subject to hydrolysis) is 1. The maximum Gasteiger partial charge on any atom is 0.408 e. The summed E-state index contributed by atoms with van der Waals surface area (Å²) in [6.45, 7) is -1.39. The highest BCUT2D eigenvalue weighted by atomic mass is 16.5. The Labute approximate surface area is 180 Å². The van der Waals surface area contributed by atoms with Crippen LogP contribution in [0.5, 0.6) is 5.88 Å². The summed E-state index contributed by atoms with van der Waals surface area (Å²) in [6, 6.07) is 7.26. The molecule has 0 fully saturated rings. The van der Waals surface area contributed by atoms with Crippen molar-refractivity contribution in [1.82, 2.24) is 20.2 Å². The minimum Gasteiger partial charge on any atom is -0.493 e. The van der Waals surface area contributed by atoms with E-state index in [1.807, 2.05) is 0 Å². The van der Waals surface area contributed by atoms with Gasteiger partial charge in [0.05, 0.1) is 6.54 Å². The molecular formula is C18H23N7O7. The normalized spacial score (nSPS) is 11.2. The monoisotopic (exact) mass is 449 g/mol. The molecule has 1 atom stereocenters. The van der Waals surface area contributed by atoms with Crippen LogP contribution in [-0.2, 0) is 34.0 Å². The zero-order chi connectivity index (χ0) is 23.7. The number of carbonyl (C=O) groups excluding carboxylic acids is 2. The fourth-order valence-electron chi connectivity index (χ4n) is 2.46. The van der Waals surface area contributed by atoms with Crippen molar-refractivity contribution in [2.45, 2.75) is 25.7 Å². The van der Waals surface area contributed by atoms with E-state index in [4.69, 9.17) is 16.2 Å². The van der Waals surface area contributed by atoms with Crippen LogP contribution >= 0.6 is 0 Å². The molecule has 14 nitrogen and oxygen atoms in total. The first kappa shape index (κ1) is 23.8. The number of ether oxygens (including phenoxy) is 1. The molecule has 2 amide bonds. The van der Waals surface area contributed by atoms with E-state index in [0.29, 0.717) is 10.1 Å². The maximum absolute atomic E-state index is 12.1. The predicted molar refractivity (Wildman–Crippen MR) is 110 cm³/mol. The van der Waals surface area contributed by atoms with Crippen LogP contribution in [0.1, 0.15) is 11.3 Å². The van der Waals surface area contributed by atoms with Gasteiger partial charge in [-0.3, -0.25) is 9.36 Å². The topological polar surface area (TPSA) is 227 Å². The number of aromatic hydroxyl groups is 1. The Bertz CT molecular complexity index is 1040. The number of aromatic nitrogens is 2. The number of rotatable bonds is 10. The molecule has 0 spiro atoms. The van der Waals surface area contributed by atoms with E-state index in [1.165, 1.54) is 0 Å². The van der Waals surface area contributed by atoms with Crippen molar-refractivity contribution >= 4 is 23.9 Å². The van der Waals surface area contributed by atoms with E-state index in [1.54, 1.807) is 30.3 Å². The summed E-state index contributed by atoms with van der Waals surface area (Å²) < 4.78 is 5.66. The van der Waals surface area contributed by atoms with Gasteiger partial charge in [0.1, 0.15) is 24.9 Å². The molecule has 1 unspecified atom stereocenters. The van der Waals surface area contributed by atoms with Crippen molar-refractivity contribution in [1.29, 1.82) is 0 Å². The van der Waals surface area contributed by atoms with Crippen LogP contribution in [0.2, 0.25) is 0 Å². The third-order valence-electron chi connectivity index (χ3n) is 4.06. The van der Waals surface area contributed by atoms with E-state index in [9.17, 15) is 29.4 Å². The second kappa shape index (κ2) is 11.1. The van der Waals surface area contributed by atoms with Gasteiger partial charge in [0.15, 0.2) is 5.96 Å². The summed E-state index contributed by atoms with van der Waals surface area (Å²) in [6.07, 6.45) is -0.987. The number of aromatic amines is 1. The van der Waals surface area contributed by atoms with Crippen molar-refractivity contribution in [2.24, 2.45) is 16.5 Å². The molecule has 0 radical (unpaired) electrons. The van der Waals surface area contributed by atoms with E-state index < -0.39 is 48.7 Å². The van der Waals surface area contributed by atoms with Crippen LogP contribution in [0.15, 0.2) is 40.1 Å². The molecule has 14 heteroatoms. The summed E-state index contributed by atoms with van der Waals surface area (Å²) in [4.78, 5) is 53.2. The molecule has 0 aliphatic heterocycles. The molecule has 0 aliphatic rings. The maximum atomic E-state index is 12.1. The van der Waals surface area contributed by atoms with Gasteiger partial charge in [-0.15, -0.1) is 0 Å². The van der Waals surface area contributed by atoms with Crippen molar-refractivity contribution in [3.8, 4) is 5.88 Å². The number of nitrogens with two attached hydrogens (primary N) is 2. The van der Waals surface area contributed by atoms with Gasteiger partial charge in [-0.25, -0.2) is 19.4 Å². The molecule has 32 heavy (non-hydrogen) atoms. The number of imidazole rings is 1. The predicted octanol–water partition coefficient (Wildman–Crippen LogP) is -1.85. The number of aliphatic carboxylic acids is 1. The molecule has 0 saturated carbocycles. The molecule has 0 aliphatic carbocycles. The SMILES string of the molecule is NC(N)=NCc1[nH]c(=O)n(CC(=O)NCC(NC(=O)OCc2ccccc2)C(=O)O)c1O. The third-order valence-corrected chi connectivity index (χ3v) is 4.06. The number of hydrogen-bond acceptors (Lipinski definition) is 7. The second-order valence-electron chi connectivity index (χ2n) is 6.46. The standard InChI is InChI=1S/C18H23N7O7/c19-16(20)22-6-11-14(27)25(17(30)23-11)8-13(26)21-7-12(15(28)29)24-18(31)32-9-10-4-2-1-3-5-10/h1-5,12,27H,6-9H2,(H,21,26)(H,23,30)(H,24,31)(H,28,29)(H4,19,20,22). The summed E-state index contributed by atoms with van der Waals surface area (Å²) in [5.41, 5.74) is 10.3. The van der Waals surface area contributed by atoms with E-state index in [2.05, 4.69) is 20.6 Å². The Morgan fingerprint density at radius 2 is 1.91 bits per heavy atom. The number of nitrogens with zero attached hydrogens (tertiary/aromatic N) is 2. The highest BCUT2D eigenvalue weighted by molar-refractivity contribution is 5.82. The van der Waals surface area contributed by atoms with Gasteiger partial charge in [0.2, 0.25) is 11.8 Å². The molecule has 0 bridgehead atoms. The Morgan fingerprint density at radius 3 is 2.53 bits per heavy atom. The van der Waals surface area contributed by atoms with Crippen LogP contribution in [0.25, 0.3) is 0 Å². The summed E-state index contributed by atoms with van der Waals surface area (Å²) >= 11 is 0. The van der Waals surface area contributed by atoms with Crippen LogP contribution < -0.4 is 27.8 Å². The molecule has 1 heterocycles. The Kier molecular flexibility index (Phi) is 8.21. The number of carboxylic acid groups (broad SMARTS) is 1. The molecule has 1 aromatic heterocycles. The number of carbonyl (C=O) groups is 3. The highest BCUT2D eigenvalue weighted by Gasteiger charge is 2.22. The van der Waals surface area contributed by atoms with Crippen molar-refractivity contribution in [3.05, 3.63) is 52.1 Å². The molecule has 9 N–H and O–H groups in total. The van der Waals surface area contributed by atoms with Crippen molar-refractivity contribution in [2.75, 3.05) is 6.54 Å². The third kappa shape index (κ3) is 7.08. The Balaban J connectivity index is 1.89. The number of hydrogen-bond donors (Lipinski definition) is 7. The number of aliphatic imine (C=N–C) groups is 1. The lowest BCUT2D eigenvalue weighted by molar-refractivity contribution is -0.139. The van der Waals surface area contributed by atoms with Crippen LogP contribution in [-0.4, -0.2) is 56.3 Å². The number of nitrogens with one attached hydrogen (secondary N) is 3. The molecular weight excluding hydrogens is 426 g/mol. The smallest absolute Gasteiger partial charge is 0.408 e. The van der Waals surface area contributed by atoms with E-state index >= 15 is 0 Å². The minimum absolute atomic E-state index is 0.0116. The zero-order valence-electron chi connectivity index (χ0n) is 16.8. The van der Waals surface area contributed by atoms with Crippen molar-refractivity contribution < 1.29 is 29.3 Å². The molecule has 2 aromatic rings. The minimum atomic E-state index is -1.49. The summed E-state index contributed by atoms with van der Waals surface area (Å²) in [5.74, 6) is -3.01. The zero-order valence-corrected chi connectivity index (χ0v) is 16.8. The first-order valence-electron chi connectivity index (χ1n) is 9.20. The van der Waals surface area contributed by atoms with Crippen LogP contribution in [0.3, 0.4) is 0 Å². The fraction of sp³-hybridized carbons (Fsp3) is 0.278. The number of H-pyrrole nitrogens is 1. The lowest BCUT2D eigenvalue weighted by Crippen LogP contribution is -2.49. The largest absolute Gasteiger partial charge is 0.493 e. The molecule has 1 aromatic carbocycles.